The smallest absolute Gasteiger partial charge is 0.258 e. The van der Waals surface area contributed by atoms with Gasteiger partial charge in [0, 0.05) is 12.2 Å². The molecule has 3 aromatic rings. The second-order valence-electron chi connectivity index (χ2n) is 5.53. The van der Waals surface area contributed by atoms with E-state index in [0.29, 0.717) is 12.1 Å². The minimum absolute atomic E-state index is 0.00426. The van der Waals surface area contributed by atoms with Gasteiger partial charge in [0.2, 0.25) is 0 Å². The molecule has 1 unspecified atom stereocenters. The zero-order chi connectivity index (χ0) is 15.6. The highest BCUT2D eigenvalue weighted by atomic mass is 16.3. The molecule has 1 aliphatic heterocycles. The normalized spacial score (nSPS) is 16.8. The summed E-state index contributed by atoms with van der Waals surface area (Å²) >= 11 is 0. The number of carbonyl (C=O) groups excluding carboxylic acids is 1. The summed E-state index contributed by atoms with van der Waals surface area (Å²) in [6, 6.07) is 21.3. The van der Waals surface area contributed by atoms with Crippen LogP contribution in [0.1, 0.15) is 27.8 Å². The van der Waals surface area contributed by atoms with Gasteiger partial charge in [-0.1, -0.05) is 42.5 Å². The molecule has 1 aromatic heterocycles. The van der Waals surface area contributed by atoms with Crippen LogP contribution in [-0.4, -0.2) is 10.8 Å². The third kappa shape index (κ3) is 2.48. The average molecular weight is 304 g/mol. The van der Waals surface area contributed by atoms with E-state index >= 15 is 0 Å². The highest BCUT2D eigenvalue weighted by Crippen LogP contribution is 2.34. The molecule has 1 atom stereocenters. The van der Waals surface area contributed by atoms with Crippen molar-refractivity contribution in [1.29, 1.82) is 0 Å². The molecule has 2 heterocycles. The third-order valence-electron chi connectivity index (χ3n) is 4.03. The Bertz CT molecular complexity index is 812. The molecule has 4 heteroatoms. The largest absolute Gasteiger partial charge is 0.465 e. The number of carbonyl (C=O) groups is 1. The van der Waals surface area contributed by atoms with Crippen LogP contribution >= 0.6 is 0 Å². The van der Waals surface area contributed by atoms with Gasteiger partial charge >= 0.3 is 0 Å². The Labute approximate surface area is 134 Å². The van der Waals surface area contributed by atoms with Gasteiger partial charge in [0.15, 0.2) is 6.17 Å². The summed E-state index contributed by atoms with van der Waals surface area (Å²) in [5.74, 6) is 0.730. The fourth-order valence-electron chi connectivity index (χ4n) is 2.91. The number of amides is 1. The maximum Gasteiger partial charge on any atom is 0.258 e. The van der Waals surface area contributed by atoms with Crippen molar-refractivity contribution in [2.45, 2.75) is 12.7 Å². The molecular formula is C19H16N2O2. The standard InChI is InChI=1S/C19H16N2O2/c22-19-15-9-4-5-10-16(15)20-18(17-11-6-12-23-17)21(19)13-14-7-2-1-3-8-14/h1-12,18,20H,13H2. The number of benzene rings is 2. The highest BCUT2D eigenvalue weighted by molar-refractivity contribution is 6.01. The quantitative estimate of drug-likeness (QED) is 0.794. The Hall–Kier alpha value is -3.01. The number of anilines is 1. The summed E-state index contributed by atoms with van der Waals surface area (Å²) in [4.78, 5) is 14.8. The number of para-hydroxylation sites is 1. The van der Waals surface area contributed by atoms with Gasteiger partial charge in [0.1, 0.15) is 5.76 Å². The van der Waals surface area contributed by atoms with Crippen molar-refractivity contribution in [2.24, 2.45) is 0 Å². The molecule has 1 aliphatic rings. The van der Waals surface area contributed by atoms with Gasteiger partial charge < -0.3 is 14.6 Å². The Balaban J connectivity index is 1.75. The average Bonchev–Trinajstić information content (AvgIpc) is 3.13. The molecule has 0 bridgehead atoms. The van der Waals surface area contributed by atoms with Crippen LogP contribution in [0.2, 0.25) is 0 Å². The molecule has 0 aliphatic carbocycles. The van der Waals surface area contributed by atoms with Crippen LogP contribution in [0, 0.1) is 0 Å². The lowest BCUT2D eigenvalue weighted by molar-refractivity contribution is 0.0645. The van der Waals surface area contributed by atoms with Crippen molar-refractivity contribution in [2.75, 3.05) is 5.32 Å². The number of nitrogens with zero attached hydrogens (tertiary/aromatic N) is 1. The predicted molar refractivity (Wildman–Crippen MR) is 87.8 cm³/mol. The molecular weight excluding hydrogens is 288 g/mol. The topological polar surface area (TPSA) is 45.5 Å². The van der Waals surface area contributed by atoms with Gasteiger partial charge in [-0.3, -0.25) is 4.79 Å². The zero-order valence-corrected chi connectivity index (χ0v) is 12.5. The number of fused-ring (bicyclic) bond motifs is 1. The molecule has 23 heavy (non-hydrogen) atoms. The summed E-state index contributed by atoms with van der Waals surface area (Å²) in [5, 5.41) is 3.41. The molecule has 4 nitrogen and oxygen atoms in total. The van der Waals surface area contributed by atoms with Gasteiger partial charge in [-0.2, -0.15) is 0 Å². The van der Waals surface area contributed by atoms with Crippen LogP contribution in [0.15, 0.2) is 77.4 Å². The number of hydrogen-bond donors (Lipinski definition) is 1. The Morgan fingerprint density at radius 3 is 2.52 bits per heavy atom. The predicted octanol–water partition coefficient (Wildman–Crippen LogP) is 4.05. The van der Waals surface area contributed by atoms with Crippen LogP contribution in [0.3, 0.4) is 0 Å². The van der Waals surface area contributed by atoms with Crippen molar-refractivity contribution in [3.8, 4) is 0 Å². The first-order chi connectivity index (χ1) is 11.3. The lowest BCUT2D eigenvalue weighted by atomic mass is 10.1. The minimum Gasteiger partial charge on any atom is -0.465 e. The number of furan rings is 1. The zero-order valence-electron chi connectivity index (χ0n) is 12.5. The maximum atomic E-state index is 13.0. The fourth-order valence-corrected chi connectivity index (χ4v) is 2.91. The van der Waals surface area contributed by atoms with Crippen LogP contribution in [0.25, 0.3) is 0 Å². The summed E-state index contributed by atoms with van der Waals surface area (Å²) in [6.07, 6.45) is 1.32. The summed E-state index contributed by atoms with van der Waals surface area (Å²) < 4.78 is 5.55. The van der Waals surface area contributed by atoms with E-state index in [-0.39, 0.29) is 12.1 Å². The summed E-state index contributed by atoms with van der Waals surface area (Å²) in [7, 11) is 0. The monoisotopic (exact) mass is 304 g/mol. The van der Waals surface area contributed by atoms with E-state index in [0.717, 1.165) is 17.0 Å². The van der Waals surface area contributed by atoms with E-state index in [1.165, 1.54) is 0 Å². The van der Waals surface area contributed by atoms with Crippen LogP contribution in [0.5, 0.6) is 0 Å². The van der Waals surface area contributed by atoms with E-state index in [1.807, 2.05) is 66.7 Å². The van der Waals surface area contributed by atoms with E-state index in [1.54, 1.807) is 11.2 Å². The molecule has 0 spiro atoms. The highest BCUT2D eigenvalue weighted by Gasteiger charge is 2.34. The Morgan fingerprint density at radius 2 is 1.74 bits per heavy atom. The van der Waals surface area contributed by atoms with Gasteiger partial charge in [-0.15, -0.1) is 0 Å². The number of hydrogen-bond acceptors (Lipinski definition) is 3. The minimum atomic E-state index is -0.312. The first-order valence-electron chi connectivity index (χ1n) is 7.57. The molecule has 114 valence electrons. The van der Waals surface area contributed by atoms with Crippen LogP contribution in [-0.2, 0) is 6.54 Å². The third-order valence-corrected chi connectivity index (χ3v) is 4.03. The summed E-state index contributed by atoms with van der Waals surface area (Å²) in [5.41, 5.74) is 2.60. The van der Waals surface area contributed by atoms with Crippen LogP contribution < -0.4 is 5.32 Å². The van der Waals surface area contributed by atoms with E-state index < -0.39 is 0 Å². The number of nitrogens with one attached hydrogen (secondary N) is 1. The van der Waals surface area contributed by atoms with E-state index in [4.69, 9.17) is 4.42 Å². The lowest BCUT2D eigenvalue weighted by Gasteiger charge is -2.36. The van der Waals surface area contributed by atoms with E-state index in [2.05, 4.69) is 5.32 Å². The van der Waals surface area contributed by atoms with Gasteiger partial charge in [0.25, 0.3) is 5.91 Å². The molecule has 1 amide bonds. The maximum absolute atomic E-state index is 13.0. The van der Waals surface area contributed by atoms with Crippen molar-refractivity contribution in [3.05, 3.63) is 89.9 Å². The Kier molecular flexibility index (Phi) is 3.35. The van der Waals surface area contributed by atoms with Gasteiger partial charge in [-0.05, 0) is 29.8 Å². The first-order valence-corrected chi connectivity index (χ1v) is 7.57. The second-order valence-corrected chi connectivity index (χ2v) is 5.53. The van der Waals surface area contributed by atoms with Crippen molar-refractivity contribution >= 4 is 11.6 Å². The molecule has 1 N–H and O–H groups in total. The Morgan fingerprint density at radius 1 is 0.957 bits per heavy atom. The lowest BCUT2D eigenvalue weighted by Crippen LogP contribution is -2.42. The molecule has 0 radical (unpaired) electrons. The van der Waals surface area contributed by atoms with Crippen molar-refractivity contribution in [3.63, 3.8) is 0 Å². The molecule has 4 rings (SSSR count). The molecule has 0 saturated heterocycles. The SMILES string of the molecule is O=C1c2ccccc2NC(c2ccco2)N1Cc1ccccc1. The summed E-state index contributed by atoms with van der Waals surface area (Å²) in [6.45, 7) is 0.520. The number of rotatable bonds is 3. The molecule has 0 fully saturated rings. The van der Waals surface area contributed by atoms with Crippen molar-refractivity contribution < 1.29 is 9.21 Å². The van der Waals surface area contributed by atoms with Gasteiger partial charge in [-0.25, -0.2) is 0 Å². The molecule has 0 saturated carbocycles. The molecule has 2 aromatic carbocycles. The van der Waals surface area contributed by atoms with Crippen molar-refractivity contribution in [1.82, 2.24) is 4.90 Å². The van der Waals surface area contributed by atoms with Gasteiger partial charge in [0.05, 0.1) is 11.8 Å². The first kappa shape index (κ1) is 13.6. The van der Waals surface area contributed by atoms with E-state index in [9.17, 15) is 4.79 Å². The second kappa shape index (κ2) is 5.65. The fraction of sp³-hybridized carbons (Fsp3) is 0.105. The van der Waals surface area contributed by atoms with Crippen LogP contribution in [0.4, 0.5) is 5.69 Å².